The van der Waals surface area contributed by atoms with Crippen LogP contribution in [0.5, 0.6) is 0 Å². The largest absolute Gasteiger partial charge is 0.322 e. The molecule has 2 amide bonds. The first-order chi connectivity index (χ1) is 13.4. The van der Waals surface area contributed by atoms with E-state index < -0.39 is 0 Å². The summed E-state index contributed by atoms with van der Waals surface area (Å²) in [6, 6.07) is 20.7. The lowest BCUT2D eigenvalue weighted by molar-refractivity contribution is 0.101. The Morgan fingerprint density at radius 1 is 0.714 bits per heavy atom. The van der Waals surface area contributed by atoms with Crippen LogP contribution in [0.1, 0.15) is 43.6 Å². The van der Waals surface area contributed by atoms with Crippen molar-refractivity contribution in [1.82, 2.24) is 0 Å². The first-order valence-electron chi connectivity index (χ1n) is 8.83. The van der Waals surface area contributed by atoms with Crippen molar-refractivity contribution in [1.29, 1.82) is 0 Å². The zero-order chi connectivity index (χ0) is 20.1. The van der Waals surface area contributed by atoms with E-state index >= 15 is 0 Å². The number of benzene rings is 3. The molecule has 0 radical (unpaired) electrons. The SMILES string of the molecule is CC(=O)c1ccc(NC(=O)c2ccccc2NC(=O)c2cccc(C)c2)cc1. The van der Waals surface area contributed by atoms with Gasteiger partial charge in [0, 0.05) is 16.8 Å². The van der Waals surface area contributed by atoms with Gasteiger partial charge in [0.05, 0.1) is 11.3 Å². The average molecular weight is 372 g/mol. The number of carbonyl (C=O) groups is 3. The second-order valence-electron chi connectivity index (χ2n) is 6.46. The van der Waals surface area contributed by atoms with Gasteiger partial charge in [0.1, 0.15) is 0 Å². The van der Waals surface area contributed by atoms with E-state index in [1.165, 1.54) is 6.92 Å². The van der Waals surface area contributed by atoms with Crippen LogP contribution in [-0.2, 0) is 0 Å². The molecule has 5 nitrogen and oxygen atoms in total. The number of aryl methyl sites for hydroxylation is 1. The van der Waals surface area contributed by atoms with Gasteiger partial charge in [-0.3, -0.25) is 14.4 Å². The lowest BCUT2D eigenvalue weighted by Gasteiger charge is -2.12. The number of Topliss-reactive ketones (excluding diaryl/α,β-unsaturated/α-hetero) is 1. The van der Waals surface area contributed by atoms with Gasteiger partial charge in [-0.15, -0.1) is 0 Å². The summed E-state index contributed by atoms with van der Waals surface area (Å²) in [5.41, 5.74) is 3.41. The van der Waals surface area contributed by atoms with Gasteiger partial charge >= 0.3 is 0 Å². The van der Waals surface area contributed by atoms with Crippen molar-refractivity contribution in [3.63, 3.8) is 0 Å². The van der Waals surface area contributed by atoms with Gasteiger partial charge in [-0.1, -0.05) is 29.8 Å². The highest BCUT2D eigenvalue weighted by molar-refractivity contribution is 6.12. The van der Waals surface area contributed by atoms with E-state index in [-0.39, 0.29) is 17.6 Å². The van der Waals surface area contributed by atoms with Gasteiger partial charge < -0.3 is 10.6 Å². The minimum atomic E-state index is -0.351. The fourth-order valence-corrected chi connectivity index (χ4v) is 2.76. The summed E-state index contributed by atoms with van der Waals surface area (Å²) >= 11 is 0. The van der Waals surface area contributed by atoms with Crippen molar-refractivity contribution < 1.29 is 14.4 Å². The zero-order valence-corrected chi connectivity index (χ0v) is 15.7. The first-order valence-corrected chi connectivity index (χ1v) is 8.83. The Labute approximate surface area is 163 Å². The minimum absolute atomic E-state index is 0.0397. The molecule has 0 aliphatic rings. The maximum atomic E-state index is 12.7. The fraction of sp³-hybridized carbons (Fsp3) is 0.0870. The summed E-state index contributed by atoms with van der Waals surface area (Å²) in [5, 5.41) is 5.59. The van der Waals surface area contributed by atoms with Gasteiger partial charge in [0.15, 0.2) is 5.78 Å². The molecule has 0 atom stereocenters. The smallest absolute Gasteiger partial charge is 0.257 e. The fourth-order valence-electron chi connectivity index (χ4n) is 2.76. The molecule has 3 rings (SSSR count). The van der Waals surface area contributed by atoms with Crippen molar-refractivity contribution in [2.24, 2.45) is 0 Å². The Balaban J connectivity index is 1.78. The Morgan fingerprint density at radius 3 is 2.11 bits per heavy atom. The number of hydrogen-bond acceptors (Lipinski definition) is 3. The van der Waals surface area contributed by atoms with Crippen LogP contribution in [0.4, 0.5) is 11.4 Å². The number of amides is 2. The Hall–Kier alpha value is -3.73. The van der Waals surface area contributed by atoms with Crippen molar-refractivity contribution in [2.75, 3.05) is 10.6 Å². The lowest BCUT2D eigenvalue weighted by Crippen LogP contribution is -2.18. The lowest BCUT2D eigenvalue weighted by atomic mass is 10.1. The Morgan fingerprint density at radius 2 is 1.43 bits per heavy atom. The van der Waals surface area contributed by atoms with E-state index in [4.69, 9.17) is 0 Å². The van der Waals surface area contributed by atoms with E-state index in [0.29, 0.717) is 28.1 Å². The second kappa shape index (κ2) is 8.31. The van der Waals surface area contributed by atoms with Crippen LogP contribution in [0, 0.1) is 6.92 Å². The van der Waals surface area contributed by atoms with E-state index in [2.05, 4.69) is 10.6 Å². The minimum Gasteiger partial charge on any atom is -0.322 e. The molecule has 0 aliphatic carbocycles. The third-order valence-corrected chi connectivity index (χ3v) is 4.25. The molecule has 28 heavy (non-hydrogen) atoms. The third-order valence-electron chi connectivity index (χ3n) is 4.25. The molecule has 0 spiro atoms. The summed E-state index contributed by atoms with van der Waals surface area (Å²) < 4.78 is 0. The molecular weight excluding hydrogens is 352 g/mol. The summed E-state index contributed by atoms with van der Waals surface area (Å²) in [4.78, 5) is 36.6. The third kappa shape index (κ3) is 4.51. The zero-order valence-electron chi connectivity index (χ0n) is 15.7. The molecule has 0 saturated heterocycles. The summed E-state index contributed by atoms with van der Waals surface area (Å²) in [5.74, 6) is -0.674. The second-order valence-corrected chi connectivity index (χ2v) is 6.46. The predicted octanol–water partition coefficient (Wildman–Crippen LogP) is 4.70. The number of ketones is 1. The van der Waals surface area contributed by atoms with E-state index in [9.17, 15) is 14.4 Å². The topological polar surface area (TPSA) is 75.3 Å². The maximum Gasteiger partial charge on any atom is 0.257 e. The number of anilines is 2. The standard InChI is InChI=1S/C23H20N2O3/c1-15-6-5-7-18(14-15)22(27)25-21-9-4-3-8-20(21)23(28)24-19-12-10-17(11-13-19)16(2)26/h3-14H,1-2H3,(H,24,28)(H,25,27). The average Bonchev–Trinajstić information content (AvgIpc) is 2.68. The molecular formula is C23H20N2O3. The molecule has 3 aromatic rings. The van der Waals surface area contributed by atoms with Crippen molar-refractivity contribution in [3.8, 4) is 0 Å². The highest BCUT2D eigenvalue weighted by atomic mass is 16.2. The molecule has 0 heterocycles. The predicted molar refractivity (Wildman–Crippen MR) is 110 cm³/mol. The van der Waals surface area contributed by atoms with Gasteiger partial charge in [0.2, 0.25) is 0 Å². The molecule has 140 valence electrons. The van der Waals surface area contributed by atoms with Gasteiger partial charge in [-0.2, -0.15) is 0 Å². The summed E-state index contributed by atoms with van der Waals surface area (Å²) in [6.45, 7) is 3.40. The van der Waals surface area contributed by atoms with Gasteiger partial charge in [-0.25, -0.2) is 0 Å². The normalized spacial score (nSPS) is 10.2. The van der Waals surface area contributed by atoms with Gasteiger partial charge in [-0.05, 0) is 62.4 Å². The van der Waals surface area contributed by atoms with E-state index in [1.54, 1.807) is 60.7 Å². The number of rotatable bonds is 5. The first kappa shape index (κ1) is 19.0. The van der Waals surface area contributed by atoms with Crippen LogP contribution in [0.15, 0.2) is 72.8 Å². The molecule has 0 unspecified atom stereocenters. The van der Waals surface area contributed by atoms with Crippen LogP contribution in [0.25, 0.3) is 0 Å². The van der Waals surface area contributed by atoms with Crippen LogP contribution in [0.2, 0.25) is 0 Å². The van der Waals surface area contributed by atoms with Crippen molar-refractivity contribution in [3.05, 3.63) is 95.1 Å². The molecule has 0 aliphatic heterocycles. The quantitative estimate of drug-likeness (QED) is 0.637. The molecule has 2 N–H and O–H groups in total. The Kier molecular flexibility index (Phi) is 5.65. The van der Waals surface area contributed by atoms with Crippen LogP contribution < -0.4 is 10.6 Å². The van der Waals surface area contributed by atoms with Crippen molar-refractivity contribution in [2.45, 2.75) is 13.8 Å². The molecule has 0 fully saturated rings. The van der Waals surface area contributed by atoms with E-state index in [1.807, 2.05) is 19.1 Å². The number of hydrogen-bond donors (Lipinski definition) is 2. The van der Waals surface area contributed by atoms with Crippen LogP contribution in [-0.4, -0.2) is 17.6 Å². The van der Waals surface area contributed by atoms with Crippen LogP contribution >= 0.6 is 0 Å². The molecule has 0 aromatic heterocycles. The summed E-state index contributed by atoms with van der Waals surface area (Å²) in [7, 11) is 0. The molecule has 5 heteroatoms. The highest BCUT2D eigenvalue weighted by Crippen LogP contribution is 2.19. The molecule has 3 aromatic carbocycles. The molecule has 0 saturated carbocycles. The van der Waals surface area contributed by atoms with Crippen molar-refractivity contribution >= 4 is 29.0 Å². The monoisotopic (exact) mass is 372 g/mol. The molecule has 0 bridgehead atoms. The Bertz CT molecular complexity index is 1040. The van der Waals surface area contributed by atoms with Crippen LogP contribution in [0.3, 0.4) is 0 Å². The number of carbonyl (C=O) groups excluding carboxylic acids is 3. The van der Waals surface area contributed by atoms with E-state index in [0.717, 1.165) is 5.56 Å². The number of nitrogens with one attached hydrogen (secondary N) is 2. The maximum absolute atomic E-state index is 12.7. The van der Waals surface area contributed by atoms with Gasteiger partial charge in [0.25, 0.3) is 11.8 Å². The highest BCUT2D eigenvalue weighted by Gasteiger charge is 2.14. The number of para-hydroxylation sites is 1. The summed E-state index contributed by atoms with van der Waals surface area (Å²) in [6.07, 6.45) is 0.